The third-order valence-electron chi connectivity index (χ3n) is 3.25. The number of aryl methyl sites for hydroxylation is 2. The predicted molar refractivity (Wildman–Crippen MR) is 65.1 cm³/mol. The maximum atomic E-state index is 13.9. The van der Waals surface area contributed by atoms with Gasteiger partial charge in [-0.25, -0.2) is 8.78 Å². The highest BCUT2D eigenvalue weighted by Gasteiger charge is 2.20. The van der Waals surface area contributed by atoms with Crippen LogP contribution in [0.15, 0.2) is 18.3 Å². The van der Waals surface area contributed by atoms with E-state index in [0.29, 0.717) is 5.56 Å². The van der Waals surface area contributed by atoms with Gasteiger partial charge in [0.25, 0.3) is 0 Å². The lowest BCUT2D eigenvalue weighted by molar-refractivity contribution is 0.489. The molecule has 96 valence electrons. The molecule has 0 aliphatic carbocycles. The molecule has 0 saturated carbocycles. The Hall–Kier alpha value is -1.75. The fraction of sp³-hybridized carbons (Fsp3) is 0.308. The van der Waals surface area contributed by atoms with Crippen LogP contribution in [0.5, 0.6) is 0 Å². The predicted octanol–water partition coefficient (Wildman–Crippen LogP) is 2.36. The molecule has 1 aromatic heterocycles. The van der Waals surface area contributed by atoms with E-state index in [4.69, 9.17) is 5.73 Å². The molecule has 18 heavy (non-hydrogen) atoms. The molecule has 1 unspecified atom stereocenters. The quantitative estimate of drug-likeness (QED) is 0.890. The molecule has 0 aliphatic rings. The highest BCUT2D eigenvalue weighted by molar-refractivity contribution is 5.35. The number of nitrogens with zero attached hydrogens (tertiary/aromatic N) is 2. The highest BCUT2D eigenvalue weighted by atomic mass is 19.2. The molecule has 1 aromatic carbocycles. The van der Waals surface area contributed by atoms with Gasteiger partial charge in [-0.2, -0.15) is 5.10 Å². The summed E-state index contributed by atoms with van der Waals surface area (Å²) < 4.78 is 29.0. The van der Waals surface area contributed by atoms with Gasteiger partial charge < -0.3 is 5.73 Å². The molecule has 0 bridgehead atoms. The van der Waals surface area contributed by atoms with E-state index in [-0.39, 0.29) is 11.1 Å². The van der Waals surface area contributed by atoms with Gasteiger partial charge in [-0.3, -0.25) is 4.68 Å². The summed E-state index contributed by atoms with van der Waals surface area (Å²) in [6.45, 7) is 3.35. The number of halogens is 2. The average Bonchev–Trinajstić information content (AvgIpc) is 2.67. The second-order valence-electron chi connectivity index (χ2n) is 4.39. The molecular formula is C13H15F2N3. The van der Waals surface area contributed by atoms with Crippen LogP contribution in [0.1, 0.15) is 28.4 Å². The monoisotopic (exact) mass is 251 g/mol. The van der Waals surface area contributed by atoms with Crippen molar-refractivity contribution in [2.24, 2.45) is 12.8 Å². The molecule has 0 spiro atoms. The van der Waals surface area contributed by atoms with Crippen LogP contribution < -0.4 is 5.73 Å². The Balaban J connectivity index is 2.50. The van der Waals surface area contributed by atoms with Crippen molar-refractivity contribution in [3.63, 3.8) is 0 Å². The Kier molecular flexibility index (Phi) is 3.17. The zero-order chi connectivity index (χ0) is 13.4. The molecule has 2 aromatic rings. The summed E-state index contributed by atoms with van der Waals surface area (Å²) in [5, 5.41) is 4.05. The number of hydrogen-bond acceptors (Lipinski definition) is 2. The fourth-order valence-corrected chi connectivity index (χ4v) is 1.89. The maximum absolute atomic E-state index is 13.9. The molecular weight excluding hydrogens is 236 g/mol. The van der Waals surface area contributed by atoms with Gasteiger partial charge in [0.15, 0.2) is 11.6 Å². The van der Waals surface area contributed by atoms with E-state index in [0.717, 1.165) is 5.69 Å². The molecule has 0 fully saturated rings. The summed E-state index contributed by atoms with van der Waals surface area (Å²) in [5.74, 6) is -1.73. The summed E-state index contributed by atoms with van der Waals surface area (Å²) in [5.41, 5.74) is 7.94. The zero-order valence-electron chi connectivity index (χ0n) is 10.5. The van der Waals surface area contributed by atoms with Gasteiger partial charge in [-0.05, 0) is 19.4 Å². The Labute approximate surface area is 104 Å². The van der Waals surface area contributed by atoms with Crippen LogP contribution in [0.4, 0.5) is 8.78 Å². The standard InChI is InChI=1S/C13H15F2N3/c1-7-4-5-9(12(15)11(7)14)13(16)10-6-17-18(3)8(10)2/h4-6,13H,16H2,1-3H3. The number of aromatic nitrogens is 2. The normalized spacial score (nSPS) is 12.8. The third-order valence-corrected chi connectivity index (χ3v) is 3.25. The zero-order valence-corrected chi connectivity index (χ0v) is 10.5. The van der Waals surface area contributed by atoms with Gasteiger partial charge in [-0.1, -0.05) is 12.1 Å². The lowest BCUT2D eigenvalue weighted by atomic mass is 9.98. The van der Waals surface area contributed by atoms with Crippen molar-refractivity contribution in [3.8, 4) is 0 Å². The van der Waals surface area contributed by atoms with Crippen molar-refractivity contribution in [3.05, 3.63) is 52.3 Å². The van der Waals surface area contributed by atoms with E-state index in [9.17, 15) is 8.78 Å². The summed E-state index contributed by atoms with van der Waals surface area (Å²) in [6.07, 6.45) is 1.58. The molecule has 2 N–H and O–H groups in total. The van der Waals surface area contributed by atoms with Gasteiger partial charge in [0, 0.05) is 23.9 Å². The molecule has 1 atom stereocenters. The minimum Gasteiger partial charge on any atom is -0.320 e. The van der Waals surface area contributed by atoms with Gasteiger partial charge in [0.2, 0.25) is 0 Å². The summed E-state index contributed by atoms with van der Waals surface area (Å²) in [6, 6.07) is 2.33. The van der Waals surface area contributed by atoms with E-state index >= 15 is 0 Å². The van der Waals surface area contributed by atoms with Gasteiger partial charge >= 0.3 is 0 Å². The van der Waals surface area contributed by atoms with Crippen molar-refractivity contribution < 1.29 is 8.78 Å². The average molecular weight is 251 g/mol. The fourth-order valence-electron chi connectivity index (χ4n) is 1.89. The smallest absolute Gasteiger partial charge is 0.164 e. The topological polar surface area (TPSA) is 43.8 Å². The SMILES string of the molecule is Cc1ccc(C(N)c2cnn(C)c2C)c(F)c1F. The first-order chi connectivity index (χ1) is 8.43. The van der Waals surface area contributed by atoms with Crippen molar-refractivity contribution in [1.29, 1.82) is 0 Å². The lowest BCUT2D eigenvalue weighted by Crippen LogP contribution is -2.15. The van der Waals surface area contributed by atoms with Crippen LogP contribution in [0.3, 0.4) is 0 Å². The molecule has 2 rings (SSSR count). The Morgan fingerprint density at radius 1 is 1.17 bits per heavy atom. The Morgan fingerprint density at radius 2 is 1.83 bits per heavy atom. The molecule has 3 nitrogen and oxygen atoms in total. The van der Waals surface area contributed by atoms with E-state index < -0.39 is 17.7 Å². The van der Waals surface area contributed by atoms with Crippen LogP contribution in [-0.4, -0.2) is 9.78 Å². The Morgan fingerprint density at radius 3 is 2.39 bits per heavy atom. The summed E-state index contributed by atoms with van der Waals surface area (Å²) >= 11 is 0. The van der Waals surface area contributed by atoms with Gasteiger partial charge in [0.1, 0.15) is 0 Å². The molecule has 0 saturated heterocycles. The van der Waals surface area contributed by atoms with Crippen LogP contribution in [0, 0.1) is 25.5 Å². The van der Waals surface area contributed by atoms with Crippen LogP contribution in [0.2, 0.25) is 0 Å². The van der Waals surface area contributed by atoms with Crippen molar-refractivity contribution >= 4 is 0 Å². The van der Waals surface area contributed by atoms with Gasteiger partial charge in [-0.15, -0.1) is 0 Å². The lowest BCUT2D eigenvalue weighted by Gasteiger charge is -2.14. The molecule has 5 heteroatoms. The van der Waals surface area contributed by atoms with E-state index in [1.165, 1.54) is 19.1 Å². The van der Waals surface area contributed by atoms with Crippen LogP contribution in [0.25, 0.3) is 0 Å². The van der Waals surface area contributed by atoms with Crippen LogP contribution in [-0.2, 0) is 7.05 Å². The second-order valence-corrected chi connectivity index (χ2v) is 4.39. The first kappa shape index (κ1) is 12.7. The van der Waals surface area contributed by atoms with Gasteiger partial charge in [0.05, 0.1) is 12.2 Å². The highest BCUT2D eigenvalue weighted by Crippen LogP contribution is 2.26. The number of nitrogens with two attached hydrogens (primary N) is 1. The number of benzene rings is 1. The van der Waals surface area contributed by atoms with E-state index in [1.807, 2.05) is 6.92 Å². The maximum Gasteiger partial charge on any atom is 0.164 e. The van der Waals surface area contributed by atoms with E-state index in [2.05, 4.69) is 5.10 Å². The molecule has 1 heterocycles. The third kappa shape index (κ3) is 1.90. The van der Waals surface area contributed by atoms with Crippen molar-refractivity contribution in [2.75, 3.05) is 0 Å². The summed E-state index contributed by atoms with van der Waals surface area (Å²) in [4.78, 5) is 0. The summed E-state index contributed by atoms with van der Waals surface area (Å²) in [7, 11) is 1.78. The largest absolute Gasteiger partial charge is 0.320 e. The first-order valence-corrected chi connectivity index (χ1v) is 5.62. The molecule has 0 radical (unpaired) electrons. The first-order valence-electron chi connectivity index (χ1n) is 5.62. The number of rotatable bonds is 2. The molecule has 0 aliphatic heterocycles. The minimum atomic E-state index is -0.884. The molecule has 0 amide bonds. The van der Waals surface area contributed by atoms with Crippen molar-refractivity contribution in [1.82, 2.24) is 9.78 Å². The Bertz CT molecular complexity index is 590. The van der Waals surface area contributed by atoms with E-state index in [1.54, 1.807) is 17.9 Å². The van der Waals surface area contributed by atoms with Crippen LogP contribution >= 0.6 is 0 Å². The van der Waals surface area contributed by atoms with Crippen molar-refractivity contribution in [2.45, 2.75) is 19.9 Å². The number of hydrogen-bond donors (Lipinski definition) is 1. The second kappa shape index (κ2) is 4.49. The minimum absolute atomic E-state index is 0.147.